The van der Waals surface area contributed by atoms with Crippen molar-refractivity contribution < 1.29 is 92.9 Å². The molecule has 12 aromatic rings. The molecule has 0 saturated heterocycles. The minimum Gasteiger partial charge on any atom is -0.451 e. The van der Waals surface area contributed by atoms with Gasteiger partial charge in [-0.15, -0.1) is 0 Å². The van der Waals surface area contributed by atoms with E-state index in [0.717, 1.165) is 6.41 Å². The molecular formula is C67H59F4N9O17S4. The van der Waals surface area contributed by atoms with E-state index < -0.39 is 87.0 Å². The number of hydrogen-bond donors (Lipinski definition) is 8. The Kier molecular flexibility index (Phi) is 23.0. The molecule has 34 heteroatoms. The van der Waals surface area contributed by atoms with Crippen molar-refractivity contribution in [3.05, 3.63) is 238 Å². The average Bonchev–Trinajstić information content (AvgIpc) is 1.67. The molecule has 4 aromatic heterocycles. The summed E-state index contributed by atoms with van der Waals surface area (Å²) in [6.45, 7) is 6.63. The van der Waals surface area contributed by atoms with E-state index in [1.807, 2.05) is 0 Å². The van der Waals surface area contributed by atoms with Gasteiger partial charge in [-0.1, -0.05) is 0 Å². The van der Waals surface area contributed by atoms with Gasteiger partial charge < -0.3 is 43.8 Å². The summed E-state index contributed by atoms with van der Waals surface area (Å²) in [5, 5.41) is 32.5. The minimum atomic E-state index is -3.80. The largest absolute Gasteiger partial charge is 0.451 e. The zero-order chi connectivity index (χ0) is 74.2. The highest BCUT2D eigenvalue weighted by atomic mass is 32.2. The molecule has 12 rings (SSSR count). The lowest BCUT2D eigenvalue weighted by atomic mass is 10.1. The van der Waals surface area contributed by atoms with E-state index in [1.165, 1.54) is 175 Å². The first kappa shape index (κ1) is 75.4. The summed E-state index contributed by atoms with van der Waals surface area (Å²) in [7, 11) is -11.8. The highest BCUT2D eigenvalue weighted by Gasteiger charge is 2.24. The van der Waals surface area contributed by atoms with Crippen LogP contribution in [0.25, 0.3) is 43.9 Å². The maximum absolute atomic E-state index is 13.3. The van der Waals surface area contributed by atoms with Gasteiger partial charge in [0.15, 0.2) is 23.0 Å². The molecule has 0 radical (unpaired) electrons. The Hall–Kier alpha value is -11.4. The highest BCUT2D eigenvalue weighted by Crippen LogP contribution is 2.32. The number of halogens is 4. The van der Waals surface area contributed by atoms with Gasteiger partial charge in [0.25, 0.3) is 23.6 Å². The number of aryl methyl sites for hydroxylation is 4. The summed E-state index contributed by atoms with van der Waals surface area (Å²) >= 11 is 0. The summed E-state index contributed by atoms with van der Waals surface area (Å²) in [5.74, 6) is -3.52. The van der Waals surface area contributed by atoms with Crippen molar-refractivity contribution >= 4 is 137 Å². The number of amides is 5. The van der Waals surface area contributed by atoms with Gasteiger partial charge in [0.05, 0.1) is 19.6 Å². The van der Waals surface area contributed by atoms with Crippen molar-refractivity contribution in [2.75, 3.05) is 35.4 Å². The van der Waals surface area contributed by atoms with Crippen molar-refractivity contribution in [2.24, 2.45) is 20.6 Å². The lowest BCUT2D eigenvalue weighted by molar-refractivity contribution is -0.115. The summed E-state index contributed by atoms with van der Waals surface area (Å²) in [5.41, 5.74) is 5.19. The van der Waals surface area contributed by atoms with Crippen LogP contribution in [0.3, 0.4) is 0 Å². The molecule has 12 N–H and O–H groups in total. The molecule has 0 bridgehead atoms. The van der Waals surface area contributed by atoms with Crippen LogP contribution in [0.2, 0.25) is 0 Å². The summed E-state index contributed by atoms with van der Waals surface area (Å²) in [4.78, 5) is 60.0. The Balaban J connectivity index is 0.000000167. The van der Waals surface area contributed by atoms with Gasteiger partial charge in [0.2, 0.25) is 46.5 Å². The summed E-state index contributed by atoms with van der Waals surface area (Å²) in [6, 6.07) is 37.6. The van der Waals surface area contributed by atoms with Crippen molar-refractivity contribution in [3.8, 4) is 0 Å². The van der Waals surface area contributed by atoms with E-state index in [-0.39, 0.29) is 42.6 Å². The number of anilines is 4. The van der Waals surface area contributed by atoms with Crippen molar-refractivity contribution in [1.82, 2.24) is 4.90 Å². The maximum atomic E-state index is 13.3. The van der Waals surface area contributed by atoms with E-state index in [9.17, 15) is 75.2 Å². The normalized spacial score (nSPS) is 11.4. The molecule has 26 nitrogen and oxygen atoms in total. The molecule has 526 valence electrons. The fraction of sp³-hybridized carbons (Fsp3) is 0.0896. The third kappa shape index (κ3) is 19.1. The topological polar surface area (TPSA) is 430 Å². The Morgan fingerprint density at radius 3 is 0.653 bits per heavy atom. The number of nitrogens with one attached hydrogen (secondary N) is 4. The number of sulfonamides is 4. The molecule has 0 atom stereocenters. The molecule has 0 spiro atoms. The molecule has 101 heavy (non-hydrogen) atoms. The number of carbonyl (C=O) groups is 5. The van der Waals surface area contributed by atoms with Crippen LogP contribution in [-0.2, 0) is 44.9 Å². The average molecular weight is 1470 g/mol. The molecule has 0 saturated carbocycles. The molecule has 0 fully saturated rings. The van der Waals surface area contributed by atoms with Gasteiger partial charge in [0, 0.05) is 80.6 Å². The van der Waals surface area contributed by atoms with E-state index in [4.69, 9.17) is 38.2 Å². The van der Waals surface area contributed by atoms with Gasteiger partial charge in [0.1, 0.15) is 45.6 Å². The minimum absolute atomic E-state index is 0.0594. The number of furan rings is 4. The summed E-state index contributed by atoms with van der Waals surface area (Å²) < 4.78 is 165. The third-order valence-electron chi connectivity index (χ3n) is 14.4. The fourth-order valence-corrected chi connectivity index (χ4v) is 11.4. The van der Waals surface area contributed by atoms with E-state index in [1.54, 1.807) is 41.8 Å². The van der Waals surface area contributed by atoms with Crippen LogP contribution in [0.1, 0.15) is 64.5 Å². The number of rotatable bonds is 13. The first-order valence-corrected chi connectivity index (χ1v) is 35.1. The lowest BCUT2D eigenvalue weighted by Crippen LogP contribution is -2.14. The van der Waals surface area contributed by atoms with Crippen LogP contribution in [-0.4, -0.2) is 82.7 Å². The zero-order valence-electron chi connectivity index (χ0n) is 53.6. The Bertz CT molecular complexity index is 4970. The van der Waals surface area contributed by atoms with E-state index in [2.05, 4.69) is 21.3 Å². The van der Waals surface area contributed by atoms with E-state index in [0.29, 0.717) is 88.9 Å². The second-order valence-electron chi connectivity index (χ2n) is 21.9. The second kappa shape index (κ2) is 30.8. The van der Waals surface area contributed by atoms with Crippen molar-refractivity contribution in [3.63, 3.8) is 0 Å². The third-order valence-corrected chi connectivity index (χ3v) is 18.1. The molecule has 0 unspecified atom stereocenters. The van der Waals surface area contributed by atoms with Crippen LogP contribution in [0.5, 0.6) is 0 Å². The van der Waals surface area contributed by atoms with Gasteiger partial charge in [-0.2, -0.15) is 0 Å². The first-order chi connectivity index (χ1) is 47.3. The monoisotopic (exact) mass is 1470 g/mol. The number of hydrogen-bond acceptors (Lipinski definition) is 17. The summed E-state index contributed by atoms with van der Waals surface area (Å²) in [6.07, 6.45) is 0.750. The lowest BCUT2D eigenvalue weighted by Gasteiger charge is -2.05. The van der Waals surface area contributed by atoms with Crippen molar-refractivity contribution in [2.45, 2.75) is 47.3 Å². The van der Waals surface area contributed by atoms with Gasteiger partial charge in [-0.25, -0.2) is 71.8 Å². The predicted molar refractivity (Wildman–Crippen MR) is 366 cm³/mol. The van der Waals surface area contributed by atoms with Crippen molar-refractivity contribution in [1.29, 1.82) is 0 Å². The number of fused-ring (bicyclic) bond motifs is 4. The quantitative estimate of drug-likeness (QED) is 0.0393. The van der Waals surface area contributed by atoms with Gasteiger partial charge in [-0.3, -0.25) is 24.0 Å². The van der Waals surface area contributed by atoms with Crippen LogP contribution >= 0.6 is 0 Å². The standard InChI is InChI=1S/4C16H13FN2O4S.C3H7NO/c4*1-9-13-8-10(17)2-7-14(13)23-15(9)16(20)19-11-3-5-12(6-4-11)24(18,21)22;1-4(2)3-5/h4*2-8H,1H3,(H,19,20)(H2,18,21,22);3H,1-2H3. The SMILES string of the molecule is CN(C)C=O.Cc1c(C(=O)Nc2ccc(S(N)(=O)=O)cc2)oc2ccc(F)cc12.Cc1c(C(=O)Nc2ccc(S(N)(=O)=O)cc2)oc2ccc(F)cc12.Cc1c(C(=O)Nc2ccc(S(N)(=O)=O)cc2)oc2ccc(F)cc12.Cc1c(C(=O)Nc2ccc(S(N)(=O)=O)cc2)oc2ccc(F)cc12. The number of nitrogens with two attached hydrogens (primary N) is 4. The maximum Gasteiger partial charge on any atom is 0.291 e. The van der Waals surface area contributed by atoms with Gasteiger partial charge >= 0.3 is 0 Å². The van der Waals surface area contributed by atoms with Crippen LogP contribution in [0.4, 0.5) is 40.3 Å². The second-order valence-corrected chi connectivity index (χ2v) is 28.2. The number of primary sulfonamides is 4. The highest BCUT2D eigenvalue weighted by molar-refractivity contribution is 7.90. The van der Waals surface area contributed by atoms with Crippen LogP contribution < -0.4 is 41.8 Å². The fourth-order valence-electron chi connectivity index (χ4n) is 9.30. The van der Waals surface area contributed by atoms with E-state index >= 15 is 0 Å². The Morgan fingerprint density at radius 2 is 0.505 bits per heavy atom. The van der Waals surface area contributed by atoms with Crippen LogP contribution in [0, 0.1) is 51.0 Å². The zero-order valence-corrected chi connectivity index (χ0v) is 56.9. The molecule has 8 aromatic carbocycles. The smallest absolute Gasteiger partial charge is 0.291 e. The first-order valence-electron chi connectivity index (χ1n) is 28.9. The number of benzene rings is 8. The molecule has 4 heterocycles. The number of carbonyl (C=O) groups excluding carboxylic acids is 5. The molecule has 0 aliphatic carbocycles. The molecule has 5 amide bonds. The Morgan fingerprint density at radius 1 is 0.337 bits per heavy atom. The predicted octanol–water partition coefficient (Wildman–Crippen LogP) is 10.8. The molecule has 0 aliphatic rings. The molecule has 0 aliphatic heterocycles. The van der Waals surface area contributed by atoms with Gasteiger partial charge in [-0.05, 0) is 198 Å². The molecular weight excluding hydrogens is 1410 g/mol. The Labute approximate surface area is 573 Å². The van der Waals surface area contributed by atoms with Crippen LogP contribution in [0.15, 0.2) is 207 Å². The number of nitrogens with zero attached hydrogens (tertiary/aromatic N) is 1.